The first kappa shape index (κ1) is 19.6. The van der Waals surface area contributed by atoms with E-state index in [0.29, 0.717) is 6.54 Å². The van der Waals surface area contributed by atoms with Crippen molar-refractivity contribution in [3.05, 3.63) is 34.4 Å². The fourth-order valence-electron chi connectivity index (χ4n) is 1.73. The van der Waals surface area contributed by atoms with Gasteiger partial charge in [-0.05, 0) is 32.9 Å². The van der Waals surface area contributed by atoms with Gasteiger partial charge in [0.25, 0.3) is 11.6 Å². The van der Waals surface area contributed by atoms with Gasteiger partial charge in [0, 0.05) is 18.7 Å². The number of ether oxygens (including phenoxy) is 1. The lowest BCUT2D eigenvalue weighted by molar-refractivity contribution is -0.384. The Balaban J connectivity index is 2.91. The third-order valence-electron chi connectivity index (χ3n) is 3.19. The van der Waals surface area contributed by atoms with Gasteiger partial charge in [0.2, 0.25) is 0 Å². The van der Waals surface area contributed by atoms with Crippen molar-refractivity contribution in [1.29, 1.82) is 0 Å². The van der Waals surface area contributed by atoms with Gasteiger partial charge >= 0.3 is 5.97 Å². The zero-order valence-electron chi connectivity index (χ0n) is 13.4. The Morgan fingerprint density at radius 1 is 1.25 bits per heavy atom. The molecule has 1 aromatic rings. The third kappa shape index (κ3) is 4.51. The number of sulfone groups is 1. The van der Waals surface area contributed by atoms with Crippen molar-refractivity contribution in [2.45, 2.75) is 37.0 Å². The number of amides is 1. The summed E-state index contributed by atoms with van der Waals surface area (Å²) in [5, 5.41) is 11.5. The van der Waals surface area contributed by atoms with Gasteiger partial charge in [-0.15, -0.1) is 0 Å². The normalized spacial score (nSPS) is 13.6. The molecule has 1 amide bonds. The van der Waals surface area contributed by atoms with Crippen LogP contribution in [0.15, 0.2) is 29.2 Å². The molecule has 0 radical (unpaired) electrons. The molecule has 2 atom stereocenters. The Bertz CT molecular complexity index is 728. The van der Waals surface area contributed by atoms with Gasteiger partial charge < -0.3 is 10.1 Å². The average Bonchev–Trinajstić information content (AvgIpc) is 2.54. The van der Waals surface area contributed by atoms with Crippen LogP contribution >= 0.6 is 0 Å². The van der Waals surface area contributed by atoms with Gasteiger partial charge in [0.1, 0.15) is 0 Å². The molecule has 0 bridgehead atoms. The van der Waals surface area contributed by atoms with Crippen molar-refractivity contribution in [1.82, 2.24) is 5.32 Å². The van der Waals surface area contributed by atoms with Gasteiger partial charge in [-0.2, -0.15) is 0 Å². The van der Waals surface area contributed by atoms with Crippen LogP contribution in [0.3, 0.4) is 0 Å². The van der Waals surface area contributed by atoms with E-state index in [1.807, 2.05) is 0 Å². The number of likely N-dealkylation sites (N-methyl/N-ethyl adjacent to an activating group) is 1. The van der Waals surface area contributed by atoms with Crippen molar-refractivity contribution in [2.24, 2.45) is 0 Å². The van der Waals surface area contributed by atoms with Gasteiger partial charge in [-0.1, -0.05) is 0 Å². The lowest BCUT2D eigenvalue weighted by atomic mass is 10.3. The fourth-order valence-corrected chi connectivity index (χ4v) is 2.96. The molecule has 24 heavy (non-hydrogen) atoms. The molecule has 0 heterocycles. The second-order valence-corrected chi connectivity index (χ2v) is 7.18. The molecule has 1 N–H and O–H groups in total. The summed E-state index contributed by atoms with van der Waals surface area (Å²) in [6, 6.07) is 4.15. The maximum absolute atomic E-state index is 12.4. The number of nitrogens with zero attached hydrogens (tertiary/aromatic N) is 1. The Kier molecular flexibility index (Phi) is 6.41. The maximum Gasteiger partial charge on any atom is 0.325 e. The van der Waals surface area contributed by atoms with Gasteiger partial charge in [0.15, 0.2) is 21.2 Å². The Morgan fingerprint density at radius 2 is 1.79 bits per heavy atom. The molecule has 10 heteroatoms. The highest BCUT2D eigenvalue weighted by Gasteiger charge is 2.33. The Hall–Kier alpha value is -2.49. The van der Waals surface area contributed by atoms with Crippen LogP contribution in [0.25, 0.3) is 0 Å². The average molecular weight is 358 g/mol. The fraction of sp³-hybridized carbons (Fsp3) is 0.429. The zero-order valence-corrected chi connectivity index (χ0v) is 14.2. The number of rotatable bonds is 7. The third-order valence-corrected chi connectivity index (χ3v) is 5.24. The Morgan fingerprint density at radius 3 is 2.25 bits per heavy atom. The van der Waals surface area contributed by atoms with Gasteiger partial charge in [-0.25, -0.2) is 8.42 Å². The molecular weight excluding hydrogens is 340 g/mol. The molecule has 9 nitrogen and oxygen atoms in total. The number of esters is 1. The summed E-state index contributed by atoms with van der Waals surface area (Å²) in [6.45, 7) is 4.49. The predicted molar refractivity (Wildman–Crippen MR) is 84.0 cm³/mol. The zero-order chi connectivity index (χ0) is 18.5. The molecule has 0 fully saturated rings. The maximum atomic E-state index is 12.4. The molecule has 0 unspecified atom stereocenters. The molecule has 0 aromatic heterocycles. The number of benzene rings is 1. The van der Waals surface area contributed by atoms with Crippen LogP contribution in [-0.4, -0.2) is 43.1 Å². The van der Waals surface area contributed by atoms with E-state index < -0.39 is 38.0 Å². The summed E-state index contributed by atoms with van der Waals surface area (Å²) in [5.74, 6) is -1.61. The monoisotopic (exact) mass is 358 g/mol. The van der Waals surface area contributed by atoms with E-state index in [4.69, 9.17) is 4.74 Å². The minimum Gasteiger partial charge on any atom is -0.452 e. The number of nitrogens with one attached hydrogen (secondary N) is 1. The number of carbonyl (C=O) groups excluding carboxylic acids is 2. The second-order valence-electron chi connectivity index (χ2n) is 4.91. The SMILES string of the molecule is CCNC(=O)[C@H](C)OC(=O)[C@@H](C)S(=O)(=O)c1ccc([N+](=O)[O-])cc1. The van der Waals surface area contributed by atoms with Crippen molar-refractivity contribution in [2.75, 3.05) is 6.54 Å². The number of carbonyl (C=O) groups is 2. The number of hydrogen-bond donors (Lipinski definition) is 1. The summed E-state index contributed by atoms with van der Waals surface area (Å²) < 4.78 is 29.6. The van der Waals surface area contributed by atoms with Crippen molar-refractivity contribution in [3.8, 4) is 0 Å². The molecule has 0 aliphatic carbocycles. The minimum atomic E-state index is -4.09. The first-order valence-electron chi connectivity index (χ1n) is 7.07. The molecule has 0 aliphatic rings. The van der Waals surface area contributed by atoms with Gasteiger partial charge in [-0.3, -0.25) is 19.7 Å². The van der Waals surface area contributed by atoms with Crippen LogP contribution < -0.4 is 5.32 Å². The summed E-state index contributed by atoms with van der Waals surface area (Å²) >= 11 is 0. The summed E-state index contributed by atoms with van der Waals surface area (Å²) in [7, 11) is -4.09. The van der Waals surface area contributed by atoms with Crippen LogP contribution in [0, 0.1) is 10.1 Å². The van der Waals surface area contributed by atoms with E-state index in [1.165, 1.54) is 6.92 Å². The van der Waals surface area contributed by atoms with Crippen molar-refractivity contribution >= 4 is 27.4 Å². The molecule has 0 spiro atoms. The van der Waals surface area contributed by atoms with Crippen molar-refractivity contribution < 1.29 is 27.7 Å². The highest BCUT2D eigenvalue weighted by atomic mass is 32.2. The standard InChI is InChI=1S/C14H18N2O7S/c1-4-15-13(17)9(2)23-14(18)10(3)24(21,22)12-7-5-11(6-8-12)16(19)20/h5-10H,4H2,1-3H3,(H,15,17)/t9-,10+/m0/s1. The van der Waals surface area contributed by atoms with E-state index in [1.54, 1.807) is 6.92 Å². The number of hydrogen-bond acceptors (Lipinski definition) is 7. The molecule has 1 rings (SSSR count). The number of nitro groups is 1. The summed E-state index contributed by atoms with van der Waals surface area (Å²) in [6.07, 6.45) is -1.13. The molecule has 0 saturated heterocycles. The largest absolute Gasteiger partial charge is 0.452 e. The first-order chi connectivity index (χ1) is 11.1. The highest BCUT2D eigenvalue weighted by Crippen LogP contribution is 2.20. The molecular formula is C14H18N2O7S. The number of nitro benzene ring substituents is 1. The van der Waals surface area contributed by atoms with E-state index >= 15 is 0 Å². The summed E-state index contributed by atoms with van der Waals surface area (Å²) in [4.78, 5) is 33.2. The summed E-state index contributed by atoms with van der Waals surface area (Å²) in [5.41, 5.74) is -0.269. The first-order valence-corrected chi connectivity index (χ1v) is 8.62. The van der Waals surface area contributed by atoms with Crippen LogP contribution in [0.1, 0.15) is 20.8 Å². The molecule has 1 aromatic carbocycles. The van der Waals surface area contributed by atoms with E-state index in [0.717, 1.165) is 31.2 Å². The number of non-ortho nitro benzene ring substituents is 1. The quantitative estimate of drug-likeness (QED) is 0.433. The van der Waals surface area contributed by atoms with E-state index in [-0.39, 0.29) is 10.6 Å². The van der Waals surface area contributed by atoms with Crippen molar-refractivity contribution in [3.63, 3.8) is 0 Å². The molecule has 0 saturated carbocycles. The Labute approximate surface area is 139 Å². The topological polar surface area (TPSA) is 133 Å². The smallest absolute Gasteiger partial charge is 0.325 e. The van der Waals surface area contributed by atoms with Crippen LogP contribution in [0.4, 0.5) is 5.69 Å². The van der Waals surface area contributed by atoms with Crippen LogP contribution in [0.5, 0.6) is 0 Å². The molecule has 0 aliphatic heterocycles. The highest BCUT2D eigenvalue weighted by molar-refractivity contribution is 7.92. The lowest BCUT2D eigenvalue weighted by Gasteiger charge is -2.16. The predicted octanol–water partition coefficient (Wildman–Crippen LogP) is 0.825. The second kappa shape index (κ2) is 7.86. The van der Waals surface area contributed by atoms with Crippen LogP contribution in [-0.2, 0) is 24.2 Å². The molecule has 132 valence electrons. The van der Waals surface area contributed by atoms with Gasteiger partial charge in [0.05, 0.1) is 9.82 Å². The van der Waals surface area contributed by atoms with E-state index in [9.17, 15) is 28.1 Å². The minimum absolute atomic E-state index is 0.247. The van der Waals surface area contributed by atoms with Crippen LogP contribution in [0.2, 0.25) is 0 Å². The van der Waals surface area contributed by atoms with E-state index in [2.05, 4.69) is 5.32 Å². The lowest BCUT2D eigenvalue weighted by Crippen LogP contribution is -2.39.